The van der Waals surface area contributed by atoms with Crippen LogP contribution in [-0.2, 0) is 19.1 Å². The van der Waals surface area contributed by atoms with E-state index in [1.165, 1.54) is 24.8 Å². The van der Waals surface area contributed by atoms with E-state index in [1.54, 1.807) is 29.2 Å². The molecule has 1 aromatic carbocycles. The number of nitrogens with zero attached hydrogens (tertiary/aromatic N) is 1. The van der Waals surface area contributed by atoms with E-state index in [4.69, 9.17) is 16.3 Å². The number of allylic oxidation sites excluding steroid dienone is 1. The van der Waals surface area contributed by atoms with Gasteiger partial charge in [-0.15, -0.1) is 0 Å². The Kier molecular flexibility index (Phi) is 7.08. The van der Waals surface area contributed by atoms with Crippen LogP contribution in [0.2, 0.25) is 5.02 Å². The molecule has 0 radical (unpaired) electrons. The van der Waals surface area contributed by atoms with Gasteiger partial charge < -0.3 is 20.3 Å². The SMILES string of the molecule is O=C(Nc1ccc(Cl)cc1)[C@H]1[C@@H]2C=C[C@]3(O2)[C@@H]1C(=O)N(CCC1=CCCCC1)[C@@H]3C(=O)NC1CCCCC1. The lowest BCUT2D eigenvalue weighted by Gasteiger charge is -2.34. The first-order valence-corrected chi connectivity index (χ1v) is 14.6. The Balaban J connectivity index is 1.27. The number of benzene rings is 1. The number of likely N-dealkylation sites (tertiary alicyclic amines) is 1. The van der Waals surface area contributed by atoms with Crippen LogP contribution in [0.4, 0.5) is 5.69 Å². The molecule has 5 atom stereocenters. The lowest BCUT2D eigenvalue weighted by atomic mass is 9.74. The lowest BCUT2D eigenvalue weighted by molar-refractivity contribution is -0.141. The van der Waals surface area contributed by atoms with Crippen molar-refractivity contribution in [3.8, 4) is 0 Å². The first kappa shape index (κ1) is 25.6. The van der Waals surface area contributed by atoms with Crippen LogP contribution in [0.1, 0.15) is 64.2 Å². The zero-order chi connectivity index (χ0) is 26.3. The summed E-state index contributed by atoms with van der Waals surface area (Å²) < 4.78 is 6.46. The van der Waals surface area contributed by atoms with Crippen LogP contribution in [0, 0.1) is 11.8 Å². The molecule has 2 aliphatic carbocycles. The smallest absolute Gasteiger partial charge is 0.246 e. The molecular weight excluding hydrogens is 502 g/mol. The minimum atomic E-state index is -1.12. The maximum Gasteiger partial charge on any atom is 0.246 e. The third-order valence-corrected chi connectivity index (χ3v) is 9.30. The van der Waals surface area contributed by atoms with Crippen molar-refractivity contribution >= 4 is 35.0 Å². The Morgan fingerprint density at radius 2 is 1.84 bits per heavy atom. The summed E-state index contributed by atoms with van der Waals surface area (Å²) in [5, 5.41) is 6.77. The molecule has 2 N–H and O–H groups in total. The number of fused-ring (bicyclic) bond motifs is 1. The van der Waals surface area contributed by atoms with Crippen molar-refractivity contribution in [2.24, 2.45) is 11.8 Å². The monoisotopic (exact) mass is 537 g/mol. The summed E-state index contributed by atoms with van der Waals surface area (Å²) in [4.78, 5) is 43.2. The summed E-state index contributed by atoms with van der Waals surface area (Å²) in [6.45, 7) is 0.457. The zero-order valence-corrected chi connectivity index (χ0v) is 22.4. The first-order chi connectivity index (χ1) is 18.5. The molecule has 2 saturated heterocycles. The first-order valence-electron chi connectivity index (χ1n) is 14.2. The molecule has 6 rings (SSSR count). The van der Waals surface area contributed by atoms with E-state index in [9.17, 15) is 14.4 Å². The van der Waals surface area contributed by atoms with Crippen molar-refractivity contribution in [2.75, 3.05) is 11.9 Å². The molecule has 3 fully saturated rings. The number of rotatable bonds is 7. The zero-order valence-electron chi connectivity index (χ0n) is 21.7. The average Bonchev–Trinajstić information content (AvgIpc) is 3.57. The van der Waals surface area contributed by atoms with Crippen molar-refractivity contribution in [3.63, 3.8) is 0 Å². The normalized spacial score (nSPS) is 32.3. The molecule has 202 valence electrons. The van der Waals surface area contributed by atoms with E-state index in [2.05, 4.69) is 16.7 Å². The molecule has 3 heterocycles. The van der Waals surface area contributed by atoms with E-state index in [1.807, 2.05) is 12.2 Å². The van der Waals surface area contributed by atoms with Gasteiger partial charge >= 0.3 is 0 Å². The van der Waals surface area contributed by atoms with Crippen LogP contribution >= 0.6 is 11.6 Å². The highest BCUT2D eigenvalue weighted by molar-refractivity contribution is 6.30. The largest absolute Gasteiger partial charge is 0.359 e. The Bertz CT molecular complexity index is 1160. The Labute approximate surface area is 229 Å². The second-order valence-electron chi connectivity index (χ2n) is 11.4. The van der Waals surface area contributed by atoms with E-state index < -0.39 is 29.6 Å². The van der Waals surface area contributed by atoms with Crippen LogP contribution in [0.3, 0.4) is 0 Å². The van der Waals surface area contributed by atoms with Gasteiger partial charge in [0, 0.05) is 23.3 Å². The van der Waals surface area contributed by atoms with Crippen molar-refractivity contribution < 1.29 is 19.1 Å². The summed E-state index contributed by atoms with van der Waals surface area (Å²) in [6, 6.07) is 6.24. The van der Waals surface area contributed by atoms with Gasteiger partial charge in [0.1, 0.15) is 11.6 Å². The molecule has 1 spiro atoms. The molecule has 0 unspecified atom stereocenters. The fraction of sp³-hybridized carbons (Fsp3) is 0.567. The number of carbonyl (C=O) groups excluding carboxylic acids is 3. The number of hydrogen-bond donors (Lipinski definition) is 2. The third kappa shape index (κ3) is 4.58. The van der Waals surface area contributed by atoms with Gasteiger partial charge in [0.25, 0.3) is 0 Å². The number of hydrogen-bond acceptors (Lipinski definition) is 4. The Hall–Kier alpha value is -2.64. The average molecular weight is 538 g/mol. The summed E-state index contributed by atoms with van der Waals surface area (Å²) in [5.74, 6) is -2.02. The Morgan fingerprint density at radius 3 is 2.58 bits per heavy atom. The van der Waals surface area contributed by atoms with E-state index in [-0.39, 0.29) is 23.8 Å². The van der Waals surface area contributed by atoms with Gasteiger partial charge in [-0.25, -0.2) is 0 Å². The van der Waals surface area contributed by atoms with Gasteiger partial charge in [-0.05, 0) is 69.2 Å². The lowest BCUT2D eigenvalue weighted by Crippen LogP contribution is -2.56. The molecule has 3 amide bonds. The van der Waals surface area contributed by atoms with Crippen LogP contribution < -0.4 is 10.6 Å². The summed E-state index contributed by atoms with van der Waals surface area (Å²) in [6.07, 6.45) is 16.0. The number of amides is 3. The number of anilines is 1. The second kappa shape index (κ2) is 10.5. The molecule has 5 aliphatic rings. The molecule has 2 bridgehead atoms. The topological polar surface area (TPSA) is 87.7 Å². The maximum absolute atomic E-state index is 14.1. The summed E-state index contributed by atoms with van der Waals surface area (Å²) in [5.41, 5.74) is 0.838. The van der Waals surface area contributed by atoms with Gasteiger partial charge in [0.05, 0.1) is 17.9 Å². The summed E-state index contributed by atoms with van der Waals surface area (Å²) >= 11 is 6.00. The molecule has 7 nitrogen and oxygen atoms in total. The standard InChI is InChI=1S/C30H36ClN3O4/c31-20-11-13-22(14-12-20)32-27(35)24-23-15-17-30(38-23)25(24)29(37)34(18-16-19-7-3-1-4-8-19)26(30)28(36)33-21-9-5-2-6-10-21/h7,11-15,17,21,23-26H,1-6,8-10,16,18H2,(H,32,35)(H,33,36)/t23-,24-,25-,26+,30-/m0/s1. The third-order valence-electron chi connectivity index (χ3n) is 9.05. The molecule has 8 heteroatoms. The highest BCUT2D eigenvalue weighted by Crippen LogP contribution is 2.55. The van der Waals surface area contributed by atoms with Gasteiger partial charge in [-0.3, -0.25) is 14.4 Å². The van der Waals surface area contributed by atoms with Crippen molar-refractivity contribution in [1.82, 2.24) is 10.2 Å². The minimum Gasteiger partial charge on any atom is -0.359 e. The number of nitrogens with one attached hydrogen (secondary N) is 2. The van der Waals surface area contributed by atoms with Crippen LogP contribution in [0.25, 0.3) is 0 Å². The molecule has 1 aromatic rings. The quantitative estimate of drug-likeness (QED) is 0.490. The fourth-order valence-electron chi connectivity index (χ4n) is 7.19. The number of carbonyl (C=O) groups is 3. The van der Waals surface area contributed by atoms with Gasteiger partial charge in [-0.1, -0.05) is 54.7 Å². The van der Waals surface area contributed by atoms with Gasteiger partial charge in [0.2, 0.25) is 17.7 Å². The van der Waals surface area contributed by atoms with Gasteiger partial charge in [-0.2, -0.15) is 0 Å². The van der Waals surface area contributed by atoms with E-state index in [0.29, 0.717) is 17.3 Å². The van der Waals surface area contributed by atoms with Crippen molar-refractivity contribution in [1.29, 1.82) is 0 Å². The maximum atomic E-state index is 14.1. The highest BCUT2D eigenvalue weighted by atomic mass is 35.5. The van der Waals surface area contributed by atoms with E-state index >= 15 is 0 Å². The minimum absolute atomic E-state index is 0.122. The number of ether oxygens (including phenoxy) is 1. The molecular formula is C30H36ClN3O4. The molecule has 1 saturated carbocycles. The second-order valence-corrected chi connectivity index (χ2v) is 11.9. The highest BCUT2D eigenvalue weighted by Gasteiger charge is 2.72. The van der Waals surface area contributed by atoms with Crippen LogP contribution in [0.15, 0.2) is 48.1 Å². The van der Waals surface area contributed by atoms with Crippen LogP contribution in [0.5, 0.6) is 0 Å². The predicted octanol–water partition coefficient (Wildman–Crippen LogP) is 4.77. The van der Waals surface area contributed by atoms with Crippen LogP contribution in [-0.4, -0.2) is 53.0 Å². The number of halogens is 1. The van der Waals surface area contributed by atoms with Crippen molar-refractivity contribution in [2.45, 2.75) is 88.0 Å². The molecule has 3 aliphatic heterocycles. The molecule has 0 aromatic heterocycles. The summed E-state index contributed by atoms with van der Waals surface area (Å²) in [7, 11) is 0. The van der Waals surface area contributed by atoms with Crippen molar-refractivity contribution in [3.05, 3.63) is 53.1 Å². The Morgan fingerprint density at radius 1 is 1.05 bits per heavy atom. The molecule has 38 heavy (non-hydrogen) atoms. The van der Waals surface area contributed by atoms with E-state index in [0.717, 1.165) is 44.9 Å². The predicted molar refractivity (Wildman–Crippen MR) is 145 cm³/mol. The van der Waals surface area contributed by atoms with Gasteiger partial charge in [0.15, 0.2) is 0 Å². The fourth-order valence-corrected chi connectivity index (χ4v) is 7.32.